The van der Waals surface area contributed by atoms with Gasteiger partial charge in [-0.05, 0) is 53.3 Å². The summed E-state index contributed by atoms with van der Waals surface area (Å²) in [5.41, 5.74) is 1.48. The molecular formula is C10H13IO. The van der Waals surface area contributed by atoms with Gasteiger partial charge in [0.15, 0.2) is 5.78 Å². The third-order valence-electron chi connectivity index (χ3n) is 3.00. The van der Waals surface area contributed by atoms with Crippen LogP contribution in [0.4, 0.5) is 0 Å². The minimum atomic E-state index is 0.387. The minimum absolute atomic E-state index is 0.387. The lowest BCUT2D eigenvalue weighted by atomic mass is 9.97. The van der Waals surface area contributed by atoms with Crippen molar-refractivity contribution >= 4 is 28.4 Å². The van der Waals surface area contributed by atoms with Crippen molar-refractivity contribution < 1.29 is 4.79 Å². The lowest BCUT2D eigenvalue weighted by Gasteiger charge is -2.09. The molecule has 2 rings (SSSR count). The molecule has 0 spiro atoms. The molecule has 66 valence electrons. The molecule has 2 aliphatic carbocycles. The van der Waals surface area contributed by atoms with Crippen molar-refractivity contribution in [3.05, 3.63) is 9.15 Å². The maximum atomic E-state index is 11.3. The SMILES string of the molecule is O=C1CCC(C2CCCC2)=C1I. The Morgan fingerprint density at radius 3 is 2.33 bits per heavy atom. The fourth-order valence-corrected chi connectivity index (χ4v) is 3.28. The van der Waals surface area contributed by atoms with Crippen molar-refractivity contribution in [2.45, 2.75) is 38.5 Å². The van der Waals surface area contributed by atoms with Crippen LogP contribution in [0.15, 0.2) is 9.15 Å². The van der Waals surface area contributed by atoms with E-state index in [1.165, 1.54) is 31.3 Å². The zero-order valence-corrected chi connectivity index (χ0v) is 9.26. The summed E-state index contributed by atoms with van der Waals surface area (Å²) in [6.07, 6.45) is 7.23. The second-order valence-corrected chi connectivity index (χ2v) is 4.82. The van der Waals surface area contributed by atoms with Crippen LogP contribution in [0.2, 0.25) is 0 Å². The standard InChI is InChI=1S/C10H13IO/c11-10-8(5-6-9(10)12)7-3-1-2-4-7/h7H,1-6H2. The van der Waals surface area contributed by atoms with E-state index in [9.17, 15) is 4.79 Å². The normalized spacial score (nSPS) is 25.9. The van der Waals surface area contributed by atoms with Crippen molar-refractivity contribution in [1.82, 2.24) is 0 Å². The largest absolute Gasteiger partial charge is 0.294 e. The second kappa shape index (κ2) is 3.48. The van der Waals surface area contributed by atoms with Crippen LogP contribution in [-0.4, -0.2) is 5.78 Å². The van der Waals surface area contributed by atoms with Crippen LogP contribution < -0.4 is 0 Å². The maximum Gasteiger partial charge on any atom is 0.169 e. The van der Waals surface area contributed by atoms with E-state index in [-0.39, 0.29) is 0 Å². The Balaban J connectivity index is 2.16. The van der Waals surface area contributed by atoms with Gasteiger partial charge in [-0.25, -0.2) is 0 Å². The molecule has 0 aromatic carbocycles. The second-order valence-electron chi connectivity index (χ2n) is 3.74. The van der Waals surface area contributed by atoms with Gasteiger partial charge in [0, 0.05) is 6.42 Å². The van der Waals surface area contributed by atoms with E-state index in [1.807, 2.05) is 0 Å². The summed E-state index contributed by atoms with van der Waals surface area (Å²) in [5.74, 6) is 1.15. The van der Waals surface area contributed by atoms with Gasteiger partial charge in [-0.2, -0.15) is 0 Å². The monoisotopic (exact) mass is 276 g/mol. The summed E-state index contributed by atoms with van der Waals surface area (Å²) >= 11 is 2.24. The molecule has 0 aromatic rings. The van der Waals surface area contributed by atoms with Crippen LogP contribution in [0.1, 0.15) is 38.5 Å². The first-order chi connectivity index (χ1) is 5.79. The van der Waals surface area contributed by atoms with E-state index in [0.29, 0.717) is 5.78 Å². The summed E-state index contributed by atoms with van der Waals surface area (Å²) in [4.78, 5) is 11.3. The van der Waals surface area contributed by atoms with Gasteiger partial charge in [0.25, 0.3) is 0 Å². The van der Waals surface area contributed by atoms with Gasteiger partial charge < -0.3 is 0 Å². The Kier molecular flexibility index (Phi) is 2.53. The van der Waals surface area contributed by atoms with E-state index >= 15 is 0 Å². The number of hydrogen-bond donors (Lipinski definition) is 0. The molecule has 12 heavy (non-hydrogen) atoms. The van der Waals surface area contributed by atoms with Gasteiger partial charge in [-0.3, -0.25) is 4.79 Å². The molecule has 0 unspecified atom stereocenters. The lowest BCUT2D eigenvalue weighted by molar-refractivity contribution is -0.114. The van der Waals surface area contributed by atoms with E-state index in [2.05, 4.69) is 22.6 Å². The molecule has 0 aromatic heterocycles. The highest BCUT2D eigenvalue weighted by molar-refractivity contribution is 14.1. The molecule has 0 N–H and O–H groups in total. The number of Topliss-reactive ketones (excluding diaryl/α,β-unsaturated/α-hetero) is 1. The third kappa shape index (κ3) is 1.45. The van der Waals surface area contributed by atoms with Crippen LogP contribution in [0, 0.1) is 5.92 Å². The number of carbonyl (C=O) groups excluding carboxylic acids is 1. The number of ketones is 1. The molecule has 0 amide bonds. The average Bonchev–Trinajstić information content (AvgIpc) is 2.64. The quantitative estimate of drug-likeness (QED) is 0.672. The maximum absolute atomic E-state index is 11.3. The van der Waals surface area contributed by atoms with Gasteiger partial charge in [-0.15, -0.1) is 0 Å². The number of carbonyl (C=O) groups is 1. The van der Waals surface area contributed by atoms with Crippen LogP contribution in [0.3, 0.4) is 0 Å². The van der Waals surface area contributed by atoms with E-state index < -0.39 is 0 Å². The highest BCUT2D eigenvalue weighted by Gasteiger charge is 2.28. The molecule has 0 atom stereocenters. The predicted molar refractivity (Wildman–Crippen MR) is 57.2 cm³/mol. The van der Waals surface area contributed by atoms with Gasteiger partial charge >= 0.3 is 0 Å². The summed E-state index contributed by atoms with van der Waals surface area (Å²) in [5, 5.41) is 0. The molecule has 0 heterocycles. The Labute approximate surface area is 86.7 Å². The van der Waals surface area contributed by atoms with Gasteiger partial charge in [0.2, 0.25) is 0 Å². The molecule has 2 heteroatoms. The Morgan fingerprint density at radius 2 is 1.83 bits per heavy atom. The number of allylic oxidation sites excluding steroid dienone is 2. The summed E-state index contributed by atoms with van der Waals surface area (Å²) in [7, 11) is 0. The van der Waals surface area contributed by atoms with Crippen molar-refractivity contribution in [3.63, 3.8) is 0 Å². The zero-order valence-electron chi connectivity index (χ0n) is 7.11. The molecule has 2 aliphatic rings. The van der Waals surface area contributed by atoms with E-state index in [4.69, 9.17) is 0 Å². The van der Waals surface area contributed by atoms with Crippen molar-refractivity contribution in [3.8, 4) is 0 Å². The minimum Gasteiger partial charge on any atom is -0.294 e. The number of rotatable bonds is 1. The molecule has 1 nitrogen and oxygen atoms in total. The smallest absolute Gasteiger partial charge is 0.169 e. The summed E-state index contributed by atoms with van der Waals surface area (Å²) in [6.45, 7) is 0. The summed E-state index contributed by atoms with van der Waals surface area (Å²) < 4.78 is 1.07. The summed E-state index contributed by atoms with van der Waals surface area (Å²) in [6, 6.07) is 0. The molecule has 1 saturated carbocycles. The third-order valence-corrected chi connectivity index (χ3v) is 4.29. The fourth-order valence-electron chi connectivity index (χ4n) is 2.30. The van der Waals surface area contributed by atoms with Crippen molar-refractivity contribution in [2.24, 2.45) is 5.92 Å². The van der Waals surface area contributed by atoms with Gasteiger partial charge in [-0.1, -0.05) is 12.8 Å². The van der Waals surface area contributed by atoms with Crippen LogP contribution in [0.5, 0.6) is 0 Å². The van der Waals surface area contributed by atoms with Crippen LogP contribution in [0.25, 0.3) is 0 Å². The Morgan fingerprint density at radius 1 is 1.17 bits per heavy atom. The highest BCUT2D eigenvalue weighted by Crippen LogP contribution is 2.40. The zero-order chi connectivity index (χ0) is 8.55. The molecule has 0 aliphatic heterocycles. The van der Waals surface area contributed by atoms with Gasteiger partial charge in [0.1, 0.15) is 0 Å². The van der Waals surface area contributed by atoms with E-state index in [0.717, 1.165) is 22.3 Å². The van der Waals surface area contributed by atoms with Crippen molar-refractivity contribution in [1.29, 1.82) is 0 Å². The highest BCUT2D eigenvalue weighted by atomic mass is 127. The first-order valence-electron chi connectivity index (χ1n) is 4.71. The van der Waals surface area contributed by atoms with Crippen LogP contribution >= 0.6 is 22.6 Å². The van der Waals surface area contributed by atoms with E-state index in [1.54, 1.807) is 0 Å². The molecule has 0 saturated heterocycles. The fraction of sp³-hybridized carbons (Fsp3) is 0.700. The Bertz CT molecular complexity index is 236. The predicted octanol–water partition coefficient (Wildman–Crippen LogP) is 3.23. The number of hydrogen-bond acceptors (Lipinski definition) is 1. The molecular weight excluding hydrogens is 263 g/mol. The first-order valence-corrected chi connectivity index (χ1v) is 5.78. The van der Waals surface area contributed by atoms with Gasteiger partial charge in [0.05, 0.1) is 3.58 Å². The molecule has 0 bridgehead atoms. The average molecular weight is 276 g/mol. The molecule has 1 fully saturated rings. The van der Waals surface area contributed by atoms with Crippen LogP contribution in [-0.2, 0) is 4.79 Å². The first kappa shape index (κ1) is 8.73. The Hall–Kier alpha value is 0.140. The van der Waals surface area contributed by atoms with Crippen molar-refractivity contribution in [2.75, 3.05) is 0 Å². The topological polar surface area (TPSA) is 17.1 Å². The molecule has 0 radical (unpaired) electrons. The number of halogens is 1. The lowest BCUT2D eigenvalue weighted by Crippen LogP contribution is -1.97.